The van der Waals surface area contributed by atoms with Gasteiger partial charge in [0.05, 0.1) is 10.9 Å². The predicted octanol–water partition coefficient (Wildman–Crippen LogP) is 4.18. The second-order valence-electron chi connectivity index (χ2n) is 8.47. The number of benzene rings is 2. The molecule has 1 aliphatic carbocycles. The summed E-state index contributed by atoms with van der Waals surface area (Å²) in [6.07, 6.45) is 6.54. The number of rotatable bonds is 6. The molecule has 5 nitrogen and oxygen atoms in total. The van der Waals surface area contributed by atoms with E-state index in [4.69, 9.17) is 0 Å². The van der Waals surface area contributed by atoms with Gasteiger partial charge in [0, 0.05) is 23.9 Å². The molecule has 0 aromatic heterocycles. The van der Waals surface area contributed by atoms with Crippen LogP contribution >= 0.6 is 11.8 Å². The van der Waals surface area contributed by atoms with Crippen molar-refractivity contribution >= 4 is 27.7 Å². The maximum absolute atomic E-state index is 12.9. The first-order valence-corrected chi connectivity index (χ1v) is 13.6. The van der Waals surface area contributed by atoms with Gasteiger partial charge in [-0.1, -0.05) is 18.2 Å². The molecule has 7 heteroatoms. The van der Waals surface area contributed by atoms with E-state index in [1.165, 1.54) is 21.9 Å². The molecule has 166 valence electrons. The molecule has 4 rings (SSSR count). The molecule has 1 aliphatic heterocycles. The van der Waals surface area contributed by atoms with E-state index in [1.54, 1.807) is 23.9 Å². The highest BCUT2D eigenvalue weighted by Crippen LogP contribution is 2.28. The van der Waals surface area contributed by atoms with Crippen LogP contribution in [0.1, 0.15) is 48.9 Å². The highest BCUT2D eigenvalue weighted by atomic mass is 32.2. The van der Waals surface area contributed by atoms with Gasteiger partial charge in [0.25, 0.3) is 0 Å². The lowest BCUT2D eigenvalue weighted by molar-refractivity contribution is -0.126. The zero-order chi connectivity index (χ0) is 22.0. The van der Waals surface area contributed by atoms with Crippen LogP contribution < -0.4 is 5.32 Å². The van der Waals surface area contributed by atoms with Crippen molar-refractivity contribution in [3.63, 3.8) is 0 Å². The zero-order valence-corrected chi connectivity index (χ0v) is 19.8. The lowest BCUT2D eigenvalue weighted by atomic mass is 9.96. The number of sulfonamides is 1. The summed E-state index contributed by atoms with van der Waals surface area (Å²) in [5.74, 6) is -0.128. The van der Waals surface area contributed by atoms with E-state index in [9.17, 15) is 13.2 Å². The Morgan fingerprint density at radius 2 is 1.74 bits per heavy atom. The Morgan fingerprint density at radius 1 is 1.06 bits per heavy atom. The molecule has 1 atom stereocenters. The molecule has 2 aromatic carbocycles. The maximum Gasteiger partial charge on any atom is 0.243 e. The Hall–Kier alpha value is -1.83. The highest BCUT2D eigenvalue weighted by Gasteiger charge is 2.32. The van der Waals surface area contributed by atoms with E-state index in [1.807, 2.05) is 25.3 Å². The van der Waals surface area contributed by atoms with Crippen molar-refractivity contribution in [3.05, 3.63) is 59.2 Å². The first-order chi connectivity index (χ1) is 14.9. The van der Waals surface area contributed by atoms with E-state index in [0.717, 1.165) is 23.3 Å². The van der Waals surface area contributed by atoms with Crippen LogP contribution in [-0.4, -0.2) is 38.0 Å². The summed E-state index contributed by atoms with van der Waals surface area (Å²) >= 11 is 1.58. The van der Waals surface area contributed by atoms with Gasteiger partial charge in [0.15, 0.2) is 0 Å². The molecule has 2 aliphatic rings. The molecule has 1 saturated heterocycles. The zero-order valence-electron chi connectivity index (χ0n) is 18.1. The number of thioether (sulfide) groups is 1. The van der Waals surface area contributed by atoms with Crippen LogP contribution in [0.2, 0.25) is 0 Å². The number of carbonyl (C=O) groups is 1. The monoisotopic (exact) mass is 458 g/mol. The Labute approximate surface area is 189 Å². The maximum atomic E-state index is 12.9. The van der Waals surface area contributed by atoms with Gasteiger partial charge in [-0.25, -0.2) is 8.42 Å². The molecule has 31 heavy (non-hydrogen) atoms. The number of fused-ring (bicyclic) bond motifs is 1. The molecule has 1 amide bonds. The third-order valence-corrected chi connectivity index (χ3v) is 9.16. The van der Waals surface area contributed by atoms with Gasteiger partial charge < -0.3 is 5.32 Å². The third-order valence-electron chi connectivity index (χ3n) is 6.50. The molecular weight excluding hydrogens is 428 g/mol. The van der Waals surface area contributed by atoms with Gasteiger partial charge in [-0.05, 0) is 86.2 Å². The number of aryl methyl sites for hydroxylation is 2. The molecule has 1 fully saturated rings. The van der Waals surface area contributed by atoms with Crippen LogP contribution in [0.5, 0.6) is 0 Å². The van der Waals surface area contributed by atoms with Gasteiger partial charge in [-0.2, -0.15) is 4.31 Å². The molecule has 1 heterocycles. The first kappa shape index (κ1) is 22.4. The van der Waals surface area contributed by atoms with Gasteiger partial charge in [-0.15, -0.1) is 11.8 Å². The van der Waals surface area contributed by atoms with Crippen molar-refractivity contribution < 1.29 is 13.2 Å². The lowest BCUT2D eigenvalue weighted by Gasteiger charge is -2.31. The average molecular weight is 459 g/mol. The molecule has 0 radical (unpaired) electrons. The minimum Gasteiger partial charge on any atom is -0.349 e. The van der Waals surface area contributed by atoms with Crippen molar-refractivity contribution in [1.29, 1.82) is 0 Å². The minimum absolute atomic E-state index is 0.0226. The topological polar surface area (TPSA) is 66.5 Å². The standard InChI is InChI=1S/C24H30N2O3S2/c1-17(20-7-6-18-4-3-5-21(18)16-20)25-24(27)19-12-14-26(15-13-19)31(28,29)23-10-8-22(30-2)9-11-23/h6-11,16-17,19H,3-5,12-15H2,1-2H3,(H,25,27)/t17-/m1/s1. The van der Waals surface area contributed by atoms with Gasteiger partial charge >= 0.3 is 0 Å². The summed E-state index contributed by atoms with van der Waals surface area (Å²) in [5.41, 5.74) is 3.98. The number of hydrogen-bond acceptors (Lipinski definition) is 4. The van der Waals surface area contributed by atoms with Crippen LogP contribution in [0.25, 0.3) is 0 Å². The molecule has 1 N–H and O–H groups in total. The SMILES string of the molecule is CSc1ccc(S(=O)(=O)N2CCC(C(=O)N[C@H](C)c3ccc4c(c3)CCC4)CC2)cc1. The molecule has 2 aromatic rings. The Kier molecular flexibility index (Phi) is 6.74. The first-order valence-electron chi connectivity index (χ1n) is 10.9. The normalized spacial score (nSPS) is 18.5. The Bertz CT molecular complexity index is 1040. The second kappa shape index (κ2) is 9.35. The molecule has 0 unspecified atom stereocenters. The lowest BCUT2D eigenvalue weighted by Crippen LogP contribution is -2.43. The third kappa shape index (κ3) is 4.83. The second-order valence-corrected chi connectivity index (χ2v) is 11.3. The van der Waals surface area contributed by atoms with Crippen molar-refractivity contribution in [1.82, 2.24) is 9.62 Å². The Balaban J connectivity index is 1.34. The van der Waals surface area contributed by atoms with Crippen LogP contribution in [-0.2, 0) is 27.7 Å². The van der Waals surface area contributed by atoms with Gasteiger partial charge in [-0.3, -0.25) is 4.79 Å². The van der Waals surface area contributed by atoms with Crippen molar-refractivity contribution in [3.8, 4) is 0 Å². The average Bonchev–Trinajstić information content (AvgIpc) is 3.27. The van der Waals surface area contributed by atoms with Crippen molar-refractivity contribution in [2.75, 3.05) is 19.3 Å². The van der Waals surface area contributed by atoms with E-state index >= 15 is 0 Å². The number of amides is 1. The molecular formula is C24H30N2O3S2. The number of carbonyl (C=O) groups excluding carboxylic acids is 1. The van der Waals surface area contributed by atoms with E-state index in [2.05, 4.69) is 23.5 Å². The molecule has 0 saturated carbocycles. The van der Waals surface area contributed by atoms with Crippen LogP contribution in [0.15, 0.2) is 52.3 Å². The minimum atomic E-state index is -3.52. The van der Waals surface area contributed by atoms with Crippen LogP contribution in [0, 0.1) is 5.92 Å². The fourth-order valence-electron chi connectivity index (χ4n) is 4.53. The van der Waals surface area contributed by atoms with E-state index < -0.39 is 10.0 Å². The number of nitrogens with one attached hydrogen (secondary N) is 1. The van der Waals surface area contributed by atoms with Crippen LogP contribution in [0.4, 0.5) is 0 Å². The number of hydrogen-bond donors (Lipinski definition) is 1. The van der Waals surface area contributed by atoms with E-state index in [0.29, 0.717) is 30.8 Å². The summed E-state index contributed by atoms with van der Waals surface area (Å²) in [6.45, 7) is 2.77. The summed E-state index contributed by atoms with van der Waals surface area (Å²) in [4.78, 5) is 14.2. The van der Waals surface area contributed by atoms with Gasteiger partial charge in [0.1, 0.15) is 0 Å². The van der Waals surface area contributed by atoms with Gasteiger partial charge in [0.2, 0.25) is 15.9 Å². The summed E-state index contributed by atoms with van der Waals surface area (Å²) in [6, 6.07) is 13.5. The summed E-state index contributed by atoms with van der Waals surface area (Å²) < 4.78 is 27.4. The van der Waals surface area contributed by atoms with Crippen molar-refractivity contribution in [2.24, 2.45) is 5.92 Å². The van der Waals surface area contributed by atoms with Crippen molar-refractivity contribution in [2.45, 2.75) is 54.9 Å². The number of nitrogens with zero attached hydrogens (tertiary/aromatic N) is 1. The number of piperidine rings is 1. The summed E-state index contributed by atoms with van der Waals surface area (Å²) in [7, 11) is -3.52. The smallest absolute Gasteiger partial charge is 0.243 e. The predicted molar refractivity (Wildman–Crippen MR) is 125 cm³/mol. The largest absolute Gasteiger partial charge is 0.349 e. The molecule has 0 spiro atoms. The molecule has 0 bridgehead atoms. The Morgan fingerprint density at radius 3 is 2.42 bits per heavy atom. The van der Waals surface area contributed by atoms with E-state index in [-0.39, 0.29) is 17.9 Å². The summed E-state index contributed by atoms with van der Waals surface area (Å²) in [5, 5.41) is 3.15. The quantitative estimate of drug-likeness (QED) is 0.660. The highest BCUT2D eigenvalue weighted by molar-refractivity contribution is 7.98. The van der Waals surface area contributed by atoms with Crippen LogP contribution in [0.3, 0.4) is 0 Å². The fraction of sp³-hybridized carbons (Fsp3) is 0.458. The fourth-order valence-corrected chi connectivity index (χ4v) is 6.41.